The smallest absolute Gasteiger partial charge is 0.338 e. The van der Waals surface area contributed by atoms with E-state index in [4.69, 9.17) is 27.9 Å². The molecule has 102 valence electrons. The van der Waals surface area contributed by atoms with Gasteiger partial charge >= 0.3 is 5.97 Å². The Morgan fingerprint density at radius 2 is 1.68 bits per heavy atom. The maximum atomic E-state index is 11.6. The molecule has 6 nitrogen and oxygen atoms in total. The topological polar surface area (TPSA) is 84.5 Å². The maximum Gasteiger partial charge on any atom is 0.338 e. The lowest BCUT2D eigenvalue weighted by Crippen LogP contribution is -2.42. The minimum atomic E-state index is -0.748. The minimum Gasteiger partial charge on any atom is -0.452 e. The Bertz CT molecular complexity index is 499. The molecule has 0 saturated carbocycles. The van der Waals surface area contributed by atoms with Gasteiger partial charge in [0.05, 0.1) is 5.56 Å². The molecular weight excluding hydrogens is 295 g/mol. The van der Waals surface area contributed by atoms with E-state index in [-0.39, 0.29) is 15.6 Å². The molecule has 0 fully saturated rings. The molecule has 19 heavy (non-hydrogen) atoms. The molecule has 0 atom stereocenters. The highest BCUT2D eigenvalue weighted by Gasteiger charge is 2.11. The van der Waals surface area contributed by atoms with Gasteiger partial charge in [-0.05, 0) is 18.2 Å². The van der Waals surface area contributed by atoms with Crippen molar-refractivity contribution in [2.45, 2.75) is 6.92 Å². The molecule has 0 spiro atoms. The Kier molecular flexibility index (Phi) is 5.59. The van der Waals surface area contributed by atoms with Crippen molar-refractivity contribution in [1.82, 2.24) is 10.9 Å². The summed E-state index contributed by atoms with van der Waals surface area (Å²) in [5, 5.41) is 0.560. The van der Waals surface area contributed by atoms with Crippen molar-refractivity contribution in [3.63, 3.8) is 0 Å². The fraction of sp³-hybridized carbons (Fsp3) is 0.182. The summed E-state index contributed by atoms with van der Waals surface area (Å²) >= 11 is 11.4. The number of rotatable bonds is 3. The van der Waals surface area contributed by atoms with Crippen LogP contribution in [0, 0.1) is 0 Å². The predicted octanol–water partition coefficient (Wildman–Crippen LogP) is 1.32. The van der Waals surface area contributed by atoms with E-state index in [9.17, 15) is 14.4 Å². The van der Waals surface area contributed by atoms with Crippen molar-refractivity contribution in [3.05, 3.63) is 33.8 Å². The first-order chi connectivity index (χ1) is 8.88. The molecule has 2 N–H and O–H groups in total. The fourth-order valence-corrected chi connectivity index (χ4v) is 1.61. The highest BCUT2D eigenvalue weighted by molar-refractivity contribution is 6.35. The average molecular weight is 305 g/mol. The van der Waals surface area contributed by atoms with Crippen molar-refractivity contribution in [2.24, 2.45) is 0 Å². The van der Waals surface area contributed by atoms with Crippen LogP contribution in [-0.2, 0) is 14.3 Å². The standard InChI is InChI=1S/C11H10Cl2N2O4/c1-6(16)14-15-10(17)5-19-11(18)7-2-8(12)4-9(13)3-7/h2-4H,5H2,1H3,(H,14,16)(H,15,17). The number of ether oxygens (including phenoxy) is 1. The normalized spacial score (nSPS) is 9.63. The van der Waals surface area contributed by atoms with Crippen molar-refractivity contribution in [1.29, 1.82) is 0 Å². The number of hydrogen-bond acceptors (Lipinski definition) is 4. The zero-order valence-electron chi connectivity index (χ0n) is 9.83. The summed E-state index contributed by atoms with van der Waals surface area (Å²) in [6.07, 6.45) is 0. The molecule has 1 rings (SSSR count). The molecule has 8 heteroatoms. The van der Waals surface area contributed by atoms with Gasteiger partial charge in [0, 0.05) is 17.0 Å². The van der Waals surface area contributed by atoms with Crippen molar-refractivity contribution in [3.8, 4) is 0 Å². The van der Waals surface area contributed by atoms with Gasteiger partial charge in [-0.25, -0.2) is 4.79 Å². The second-order valence-corrected chi connectivity index (χ2v) is 4.34. The maximum absolute atomic E-state index is 11.6. The predicted molar refractivity (Wildman–Crippen MR) is 68.7 cm³/mol. The molecule has 0 saturated heterocycles. The van der Waals surface area contributed by atoms with Crippen LogP contribution in [0.5, 0.6) is 0 Å². The number of esters is 1. The Morgan fingerprint density at radius 3 is 2.21 bits per heavy atom. The van der Waals surface area contributed by atoms with E-state index < -0.39 is 24.4 Å². The molecule has 2 amide bonds. The molecule has 0 aliphatic rings. The van der Waals surface area contributed by atoms with Crippen molar-refractivity contribution < 1.29 is 19.1 Å². The first kappa shape index (κ1) is 15.3. The van der Waals surface area contributed by atoms with Crippen LogP contribution in [0.3, 0.4) is 0 Å². The van der Waals surface area contributed by atoms with E-state index in [0.717, 1.165) is 0 Å². The number of carbonyl (C=O) groups excluding carboxylic acids is 3. The Morgan fingerprint density at radius 1 is 1.11 bits per heavy atom. The third-order valence-corrected chi connectivity index (χ3v) is 2.25. The van der Waals surface area contributed by atoms with Crippen molar-refractivity contribution >= 4 is 41.0 Å². The minimum absolute atomic E-state index is 0.129. The van der Waals surface area contributed by atoms with Gasteiger partial charge in [0.25, 0.3) is 5.91 Å². The molecular formula is C11H10Cl2N2O4. The number of hydrazine groups is 1. The van der Waals surface area contributed by atoms with E-state index in [0.29, 0.717) is 0 Å². The lowest BCUT2D eigenvalue weighted by molar-refractivity contribution is -0.129. The highest BCUT2D eigenvalue weighted by Crippen LogP contribution is 2.19. The molecule has 1 aromatic carbocycles. The molecule has 0 heterocycles. The SMILES string of the molecule is CC(=O)NNC(=O)COC(=O)c1cc(Cl)cc(Cl)c1. The monoisotopic (exact) mass is 304 g/mol. The molecule has 0 unspecified atom stereocenters. The van der Waals surface area contributed by atoms with Crippen LogP contribution >= 0.6 is 23.2 Å². The first-order valence-corrected chi connectivity index (χ1v) is 5.82. The van der Waals surface area contributed by atoms with Crippen LogP contribution in [0.2, 0.25) is 10.0 Å². The largest absolute Gasteiger partial charge is 0.452 e. The summed E-state index contributed by atoms with van der Waals surface area (Å²) in [5.41, 5.74) is 4.23. The van der Waals surface area contributed by atoms with Crippen LogP contribution in [0.25, 0.3) is 0 Å². The number of carbonyl (C=O) groups is 3. The van der Waals surface area contributed by atoms with Crippen LogP contribution in [0.1, 0.15) is 17.3 Å². The van der Waals surface area contributed by atoms with Crippen LogP contribution < -0.4 is 10.9 Å². The molecule has 1 aromatic rings. The third-order valence-electron chi connectivity index (χ3n) is 1.81. The Hall–Kier alpha value is -1.79. The van der Waals surface area contributed by atoms with E-state index in [1.54, 1.807) is 0 Å². The molecule has 0 aliphatic carbocycles. The zero-order chi connectivity index (χ0) is 14.4. The summed E-state index contributed by atoms with van der Waals surface area (Å²) in [6, 6.07) is 4.19. The summed E-state index contributed by atoms with van der Waals surface area (Å²) in [7, 11) is 0. The number of benzene rings is 1. The van der Waals surface area contributed by atoms with Crippen LogP contribution in [0.15, 0.2) is 18.2 Å². The Labute approximate surface area is 119 Å². The summed E-state index contributed by atoms with van der Waals surface area (Å²) in [5.74, 6) is -1.86. The quantitative estimate of drug-likeness (QED) is 0.651. The first-order valence-electron chi connectivity index (χ1n) is 5.07. The van der Waals surface area contributed by atoms with Gasteiger partial charge in [-0.1, -0.05) is 23.2 Å². The van der Waals surface area contributed by atoms with E-state index in [1.807, 2.05) is 5.43 Å². The summed E-state index contributed by atoms with van der Waals surface area (Å²) < 4.78 is 4.71. The van der Waals surface area contributed by atoms with Gasteiger partial charge in [-0.2, -0.15) is 0 Å². The molecule has 0 radical (unpaired) electrons. The second kappa shape index (κ2) is 6.96. The van der Waals surface area contributed by atoms with Gasteiger partial charge in [0.1, 0.15) is 0 Å². The van der Waals surface area contributed by atoms with E-state index in [1.165, 1.54) is 25.1 Å². The summed E-state index contributed by atoms with van der Waals surface area (Å²) in [6.45, 7) is 0.684. The zero-order valence-corrected chi connectivity index (χ0v) is 11.3. The van der Waals surface area contributed by atoms with Gasteiger partial charge in [0.15, 0.2) is 6.61 Å². The van der Waals surface area contributed by atoms with E-state index >= 15 is 0 Å². The van der Waals surface area contributed by atoms with E-state index in [2.05, 4.69) is 5.43 Å². The number of halogens is 2. The van der Waals surface area contributed by atoms with Crippen LogP contribution in [0.4, 0.5) is 0 Å². The van der Waals surface area contributed by atoms with Crippen molar-refractivity contribution in [2.75, 3.05) is 6.61 Å². The third kappa shape index (κ3) is 5.58. The molecule has 0 aromatic heterocycles. The highest BCUT2D eigenvalue weighted by atomic mass is 35.5. The second-order valence-electron chi connectivity index (χ2n) is 3.46. The Balaban J connectivity index is 2.51. The molecule has 0 aliphatic heterocycles. The van der Waals surface area contributed by atoms with Gasteiger partial charge in [-0.3, -0.25) is 20.4 Å². The van der Waals surface area contributed by atoms with Gasteiger partial charge in [0.2, 0.25) is 5.91 Å². The lowest BCUT2D eigenvalue weighted by atomic mass is 10.2. The fourth-order valence-electron chi connectivity index (χ4n) is 1.08. The number of hydrogen-bond donors (Lipinski definition) is 2. The van der Waals surface area contributed by atoms with Gasteiger partial charge < -0.3 is 4.74 Å². The van der Waals surface area contributed by atoms with Crippen LogP contribution in [-0.4, -0.2) is 24.4 Å². The average Bonchev–Trinajstić information content (AvgIpc) is 2.32. The lowest BCUT2D eigenvalue weighted by Gasteiger charge is -2.07. The number of amides is 2. The molecule has 0 bridgehead atoms. The number of nitrogens with one attached hydrogen (secondary N) is 2. The van der Waals surface area contributed by atoms with Gasteiger partial charge in [-0.15, -0.1) is 0 Å². The summed E-state index contributed by atoms with van der Waals surface area (Å²) in [4.78, 5) is 33.3.